The van der Waals surface area contributed by atoms with Crippen LogP contribution in [0, 0.1) is 0 Å². The van der Waals surface area contributed by atoms with Gasteiger partial charge in [0.1, 0.15) is 23.9 Å². The average Bonchev–Trinajstić information content (AvgIpc) is 2.78. The quantitative estimate of drug-likeness (QED) is 0.149. The molecule has 166 valence electrons. The first-order chi connectivity index (χ1) is 15.0. The second kappa shape index (κ2) is 13.3. The van der Waals surface area contributed by atoms with Crippen LogP contribution in [-0.4, -0.2) is 46.6 Å². The molecule has 0 radical (unpaired) electrons. The molecule has 6 nitrogen and oxygen atoms in total. The van der Waals surface area contributed by atoms with E-state index in [2.05, 4.69) is 0 Å². The van der Waals surface area contributed by atoms with Crippen LogP contribution in [0.5, 0.6) is 17.2 Å². The van der Waals surface area contributed by atoms with E-state index in [1.54, 1.807) is 44.6 Å². The van der Waals surface area contributed by atoms with Crippen molar-refractivity contribution in [3.05, 3.63) is 71.3 Å². The van der Waals surface area contributed by atoms with Gasteiger partial charge in [-0.3, -0.25) is 4.79 Å². The van der Waals surface area contributed by atoms with Crippen LogP contribution in [0.1, 0.15) is 29.8 Å². The minimum atomic E-state index is -0.117. The van der Waals surface area contributed by atoms with Crippen molar-refractivity contribution in [1.29, 1.82) is 0 Å². The number of ketones is 1. The molecule has 0 amide bonds. The minimum Gasteiger partial charge on any atom is -0.496 e. The Morgan fingerprint density at radius 3 is 2.35 bits per heavy atom. The number of methoxy groups -OCH3 is 2. The highest BCUT2D eigenvalue weighted by Gasteiger charge is 2.06. The number of carbonyl (C=O) groups is 1. The van der Waals surface area contributed by atoms with Gasteiger partial charge in [0.2, 0.25) is 0 Å². The van der Waals surface area contributed by atoms with E-state index in [9.17, 15) is 4.79 Å². The summed E-state index contributed by atoms with van der Waals surface area (Å²) in [4.78, 5) is 12.5. The molecule has 0 bridgehead atoms. The van der Waals surface area contributed by atoms with Crippen molar-refractivity contribution in [3.63, 3.8) is 0 Å². The van der Waals surface area contributed by atoms with E-state index < -0.39 is 0 Å². The van der Waals surface area contributed by atoms with Crippen molar-refractivity contribution >= 4 is 11.9 Å². The standard InChI is InChI=1S/C25H30O6/c1-19(2)13-14-30-23-11-7-21(25(17-23)28-4)8-12-24(26)20-5-9-22(10-6-20)31-18-29-16-15-27-3/h5-13,17H,14-16,18H2,1-4H3/b12-8+. The molecule has 0 aliphatic heterocycles. The summed E-state index contributed by atoms with van der Waals surface area (Å²) in [7, 11) is 3.20. The first-order valence-electron chi connectivity index (χ1n) is 9.99. The zero-order valence-corrected chi connectivity index (χ0v) is 18.6. The largest absolute Gasteiger partial charge is 0.496 e. The Balaban J connectivity index is 1.95. The normalized spacial score (nSPS) is 10.7. The lowest BCUT2D eigenvalue weighted by Crippen LogP contribution is -2.07. The van der Waals surface area contributed by atoms with Gasteiger partial charge in [0.15, 0.2) is 12.6 Å². The zero-order chi connectivity index (χ0) is 22.5. The summed E-state index contributed by atoms with van der Waals surface area (Å²) in [5, 5.41) is 0. The van der Waals surface area contributed by atoms with Crippen LogP contribution >= 0.6 is 0 Å². The highest BCUT2D eigenvalue weighted by Crippen LogP contribution is 2.26. The fourth-order valence-corrected chi connectivity index (χ4v) is 2.51. The van der Waals surface area contributed by atoms with Gasteiger partial charge in [0, 0.05) is 24.3 Å². The van der Waals surface area contributed by atoms with Gasteiger partial charge in [0.05, 0.1) is 20.3 Å². The van der Waals surface area contributed by atoms with Crippen LogP contribution < -0.4 is 14.2 Å². The molecule has 0 aromatic heterocycles. The summed E-state index contributed by atoms with van der Waals surface area (Å²) >= 11 is 0. The predicted octanol–water partition coefficient (Wildman–Crippen LogP) is 4.94. The highest BCUT2D eigenvalue weighted by molar-refractivity contribution is 6.07. The van der Waals surface area contributed by atoms with E-state index in [0.29, 0.717) is 42.6 Å². The summed E-state index contributed by atoms with van der Waals surface area (Å²) < 4.78 is 26.7. The predicted molar refractivity (Wildman–Crippen MR) is 121 cm³/mol. The van der Waals surface area contributed by atoms with Gasteiger partial charge in [-0.05, 0) is 68.5 Å². The maximum Gasteiger partial charge on any atom is 0.189 e. The van der Waals surface area contributed by atoms with Crippen LogP contribution in [0.3, 0.4) is 0 Å². The first kappa shape index (κ1) is 24.2. The summed E-state index contributed by atoms with van der Waals surface area (Å²) in [6, 6.07) is 12.4. The molecule has 6 heteroatoms. The Kier molecular flexibility index (Phi) is 10.3. The summed E-state index contributed by atoms with van der Waals surface area (Å²) in [6.07, 6.45) is 5.25. The minimum absolute atomic E-state index is 0.117. The van der Waals surface area contributed by atoms with Gasteiger partial charge in [-0.1, -0.05) is 5.57 Å². The molecule has 2 aromatic carbocycles. The monoisotopic (exact) mass is 426 g/mol. The molecule has 0 N–H and O–H groups in total. The summed E-state index contributed by atoms with van der Waals surface area (Å²) in [5.41, 5.74) is 2.54. The molecule has 0 fully saturated rings. The third kappa shape index (κ3) is 8.66. The molecule has 0 aliphatic rings. The van der Waals surface area contributed by atoms with Gasteiger partial charge < -0.3 is 23.7 Å². The maximum absolute atomic E-state index is 12.5. The van der Waals surface area contributed by atoms with E-state index in [1.807, 2.05) is 38.1 Å². The van der Waals surface area contributed by atoms with Gasteiger partial charge in [0.25, 0.3) is 0 Å². The van der Waals surface area contributed by atoms with Crippen molar-refractivity contribution in [1.82, 2.24) is 0 Å². The molecular weight excluding hydrogens is 396 g/mol. The lowest BCUT2D eigenvalue weighted by atomic mass is 10.1. The van der Waals surface area contributed by atoms with Crippen LogP contribution in [0.2, 0.25) is 0 Å². The fraction of sp³-hybridized carbons (Fsp3) is 0.320. The average molecular weight is 427 g/mol. The van der Waals surface area contributed by atoms with Gasteiger partial charge in [-0.25, -0.2) is 0 Å². The molecular formula is C25H30O6. The van der Waals surface area contributed by atoms with Crippen molar-refractivity contribution in [2.45, 2.75) is 13.8 Å². The fourth-order valence-electron chi connectivity index (χ4n) is 2.51. The second-order valence-corrected chi connectivity index (χ2v) is 6.88. The molecule has 31 heavy (non-hydrogen) atoms. The Hall–Kier alpha value is -3.09. The van der Waals surface area contributed by atoms with Crippen molar-refractivity contribution in [2.24, 2.45) is 0 Å². The van der Waals surface area contributed by atoms with Gasteiger partial charge in [-0.15, -0.1) is 0 Å². The number of allylic oxidation sites excluding steroid dienone is 2. The van der Waals surface area contributed by atoms with Crippen LogP contribution in [0.15, 0.2) is 60.2 Å². The Morgan fingerprint density at radius 1 is 0.935 bits per heavy atom. The molecule has 0 saturated carbocycles. The number of hydrogen-bond acceptors (Lipinski definition) is 6. The molecule has 2 aromatic rings. The molecule has 0 spiro atoms. The molecule has 0 saturated heterocycles. The Labute approximate surface area is 184 Å². The summed E-state index contributed by atoms with van der Waals surface area (Å²) in [5.74, 6) is 1.85. The number of benzene rings is 2. The van der Waals surface area contributed by atoms with Crippen molar-refractivity contribution in [2.75, 3.05) is 40.8 Å². The molecule has 0 unspecified atom stereocenters. The zero-order valence-electron chi connectivity index (χ0n) is 18.6. The lowest BCUT2D eigenvalue weighted by Gasteiger charge is -2.09. The SMILES string of the molecule is COCCOCOc1ccc(C(=O)/C=C/c2ccc(OCC=C(C)C)cc2OC)cc1. The Morgan fingerprint density at radius 2 is 1.68 bits per heavy atom. The third-order valence-corrected chi connectivity index (χ3v) is 4.24. The van der Waals surface area contributed by atoms with Crippen molar-refractivity contribution < 1.29 is 28.5 Å². The molecule has 0 heterocycles. The highest BCUT2D eigenvalue weighted by atomic mass is 16.7. The summed E-state index contributed by atoms with van der Waals surface area (Å²) in [6.45, 7) is 5.65. The smallest absolute Gasteiger partial charge is 0.189 e. The molecule has 2 rings (SSSR count). The first-order valence-corrected chi connectivity index (χ1v) is 9.99. The van der Waals surface area contributed by atoms with E-state index in [-0.39, 0.29) is 12.6 Å². The number of hydrogen-bond donors (Lipinski definition) is 0. The second-order valence-electron chi connectivity index (χ2n) is 6.88. The van der Waals surface area contributed by atoms with Crippen molar-refractivity contribution in [3.8, 4) is 17.2 Å². The number of rotatable bonds is 13. The van der Waals surface area contributed by atoms with Crippen LogP contribution in [-0.2, 0) is 9.47 Å². The third-order valence-electron chi connectivity index (χ3n) is 4.24. The van der Waals surface area contributed by atoms with E-state index in [1.165, 1.54) is 11.6 Å². The van der Waals surface area contributed by atoms with Gasteiger partial charge >= 0.3 is 0 Å². The Bertz CT molecular complexity index is 879. The molecule has 0 aliphatic carbocycles. The number of carbonyl (C=O) groups excluding carboxylic acids is 1. The van der Waals surface area contributed by atoms with Crippen LogP contribution in [0.25, 0.3) is 6.08 Å². The van der Waals surface area contributed by atoms with Gasteiger partial charge in [-0.2, -0.15) is 0 Å². The van der Waals surface area contributed by atoms with E-state index in [4.69, 9.17) is 23.7 Å². The van der Waals surface area contributed by atoms with Crippen LogP contribution in [0.4, 0.5) is 0 Å². The maximum atomic E-state index is 12.5. The topological polar surface area (TPSA) is 63.2 Å². The molecule has 0 atom stereocenters. The van der Waals surface area contributed by atoms with E-state index >= 15 is 0 Å². The number of ether oxygens (including phenoxy) is 5. The lowest BCUT2D eigenvalue weighted by molar-refractivity contribution is -0.00847. The van der Waals surface area contributed by atoms with E-state index in [0.717, 1.165) is 5.56 Å².